The number of carbonyl (C=O) groups excluding carboxylic acids is 2. The van der Waals surface area contributed by atoms with Crippen molar-refractivity contribution in [3.63, 3.8) is 0 Å². The fraction of sp³-hybridized carbons (Fsp3) is 0.474. The van der Waals surface area contributed by atoms with Crippen LogP contribution < -0.4 is 4.74 Å². The van der Waals surface area contributed by atoms with E-state index in [1.807, 2.05) is 89.2 Å². The van der Waals surface area contributed by atoms with Crippen molar-refractivity contribution >= 4 is 11.8 Å². The standard InChI is InChI=1S/C38H50O6/c1-35(2,3)21-26(22-13-16-30(39)27(17-22)36(4,5)6)34(43)44-24-14-15-25(31(40)20-24)32(41)23-18-28(37(7,8)9)33(42)29(19-23)38(10,11)12/h13-20,26,39-40,42H,21H2,1-12H3. The van der Waals surface area contributed by atoms with Crippen molar-refractivity contribution in [2.45, 2.75) is 112 Å². The molecule has 0 saturated heterocycles. The average molecular weight is 603 g/mol. The molecular weight excluding hydrogens is 552 g/mol. The Morgan fingerprint density at radius 3 is 1.64 bits per heavy atom. The molecular formula is C38H50O6. The van der Waals surface area contributed by atoms with Crippen LogP contribution in [0, 0.1) is 5.41 Å². The molecule has 0 saturated carbocycles. The number of ketones is 1. The molecule has 6 heteroatoms. The van der Waals surface area contributed by atoms with E-state index >= 15 is 0 Å². The van der Waals surface area contributed by atoms with Gasteiger partial charge in [-0.2, -0.15) is 0 Å². The molecule has 0 aliphatic heterocycles. The Labute approximate surface area is 263 Å². The number of hydrogen-bond donors (Lipinski definition) is 3. The van der Waals surface area contributed by atoms with Crippen LogP contribution in [0.3, 0.4) is 0 Å². The van der Waals surface area contributed by atoms with E-state index in [1.165, 1.54) is 18.2 Å². The van der Waals surface area contributed by atoms with Gasteiger partial charge in [-0.3, -0.25) is 9.59 Å². The predicted molar refractivity (Wildman–Crippen MR) is 176 cm³/mol. The normalized spacial score (nSPS) is 13.5. The second-order valence-corrected chi connectivity index (χ2v) is 16.2. The summed E-state index contributed by atoms with van der Waals surface area (Å²) >= 11 is 0. The van der Waals surface area contributed by atoms with Crippen LogP contribution in [0.4, 0.5) is 0 Å². The van der Waals surface area contributed by atoms with Gasteiger partial charge in [-0.1, -0.05) is 95.2 Å². The lowest BCUT2D eigenvalue weighted by atomic mass is 9.77. The lowest BCUT2D eigenvalue weighted by Gasteiger charge is -2.28. The van der Waals surface area contributed by atoms with Crippen molar-refractivity contribution in [3.8, 4) is 23.0 Å². The van der Waals surface area contributed by atoms with Gasteiger partial charge in [-0.15, -0.1) is 0 Å². The Hall–Kier alpha value is -3.80. The smallest absolute Gasteiger partial charge is 0.318 e. The quantitative estimate of drug-likeness (QED) is 0.148. The highest BCUT2D eigenvalue weighted by atomic mass is 16.5. The number of esters is 1. The molecule has 3 N–H and O–H groups in total. The van der Waals surface area contributed by atoms with Crippen molar-refractivity contribution in [3.05, 3.63) is 81.9 Å². The molecule has 238 valence electrons. The van der Waals surface area contributed by atoms with Gasteiger partial charge in [-0.25, -0.2) is 0 Å². The number of phenolic OH excluding ortho intramolecular Hbond substituents is 3. The minimum Gasteiger partial charge on any atom is -0.508 e. The molecule has 1 unspecified atom stereocenters. The molecule has 6 nitrogen and oxygen atoms in total. The van der Waals surface area contributed by atoms with Gasteiger partial charge >= 0.3 is 5.97 Å². The van der Waals surface area contributed by atoms with Crippen LogP contribution in [0.25, 0.3) is 0 Å². The molecule has 0 radical (unpaired) electrons. The van der Waals surface area contributed by atoms with Gasteiger partial charge in [0.15, 0.2) is 5.78 Å². The molecule has 0 heterocycles. The molecule has 0 aliphatic rings. The summed E-state index contributed by atoms with van der Waals surface area (Å²) in [5.41, 5.74) is 1.80. The van der Waals surface area contributed by atoms with Crippen molar-refractivity contribution < 1.29 is 29.6 Å². The second kappa shape index (κ2) is 11.9. The number of benzene rings is 3. The number of aromatic hydroxyl groups is 3. The summed E-state index contributed by atoms with van der Waals surface area (Å²) in [4.78, 5) is 27.3. The Kier molecular flexibility index (Phi) is 9.42. The Bertz CT molecular complexity index is 1520. The van der Waals surface area contributed by atoms with E-state index in [4.69, 9.17) is 4.74 Å². The minimum atomic E-state index is -0.621. The Morgan fingerprint density at radius 1 is 0.659 bits per heavy atom. The van der Waals surface area contributed by atoms with Crippen molar-refractivity contribution in [1.82, 2.24) is 0 Å². The number of carbonyl (C=O) groups is 2. The maximum Gasteiger partial charge on any atom is 0.318 e. The van der Waals surface area contributed by atoms with Crippen LogP contribution >= 0.6 is 0 Å². The number of phenols is 3. The number of hydrogen-bond acceptors (Lipinski definition) is 6. The fourth-order valence-electron chi connectivity index (χ4n) is 5.34. The zero-order valence-electron chi connectivity index (χ0n) is 28.5. The molecule has 0 aliphatic carbocycles. The maximum absolute atomic E-state index is 13.7. The van der Waals surface area contributed by atoms with Crippen LogP contribution in [-0.2, 0) is 21.0 Å². The van der Waals surface area contributed by atoms with E-state index in [9.17, 15) is 24.9 Å². The fourth-order valence-corrected chi connectivity index (χ4v) is 5.34. The zero-order valence-corrected chi connectivity index (χ0v) is 28.5. The van der Waals surface area contributed by atoms with E-state index in [0.29, 0.717) is 23.1 Å². The Balaban J connectivity index is 1.99. The van der Waals surface area contributed by atoms with Crippen LogP contribution in [0.2, 0.25) is 0 Å². The first-order chi connectivity index (χ1) is 19.9. The first-order valence-electron chi connectivity index (χ1n) is 15.2. The van der Waals surface area contributed by atoms with Crippen molar-refractivity contribution in [1.29, 1.82) is 0 Å². The molecule has 0 spiro atoms. The van der Waals surface area contributed by atoms with Gasteiger partial charge in [0.25, 0.3) is 0 Å². The number of ether oxygens (including phenoxy) is 1. The number of rotatable bonds is 6. The van der Waals surface area contributed by atoms with Gasteiger partial charge in [0, 0.05) is 22.8 Å². The lowest BCUT2D eigenvalue weighted by molar-refractivity contribution is -0.136. The van der Waals surface area contributed by atoms with E-state index in [-0.39, 0.29) is 39.4 Å². The summed E-state index contributed by atoms with van der Waals surface area (Å²) in [6.45, 7) is 24.0. The summed E-state index contributed by atoms with van der Waals surface area (Å²) < 4.78 is 5.79. The third-order valence-electron chi connectivity index (χ3n) is 7.75. The molecule has 1 atom stereocenters. The third-order valence-corrected chi connectivity index (χ3v) is 7.75. The molecule has 0 amide bonds. The molecule has 0 bridgehead atoms. The molecule has 3 rings (SSSR count). The molecule has 44 heavy (non-hydrogen) atoms. The summed E-state index contributed by atoms with van der Waals surface area (Å²) in [7, 11) is 0. The topological polar surface area (TPSA) is 104 Å². The summed E-state index contributed by atoms with van der Waals surface area (Å²) in [6.07, 6.45) is 0.496. The zero-order chi connectivity index (χ0) is 33.6. The SMILES string of the molecule is CC(C)(C)CC(C(=O)Oc1ccc(C(=O)c2cc(C(C)(C)C)c(O)c(C(C)(C)C)c2)c(O)c1)c1ccc(O)c(C(C)(C)C)c1. The molecule has 3 aromatic rings. The first-order valence-corrected chi connectivity index (χ1v) is 15.2. The summed E-state index contributed by atoms with van der Waals surface area (Å²) in [6, 6.07) is 12.8. The second-order valence-electron chi connectivity index (χ2n) is 16.2. The minimum absolute atomic E-state index is 0.0646. The highest BCUT2D eigenvalue weighted by Crippen LogP contribution is 2.41. The van der Waals surface area contributed by atoms with Crippen LogP contribution in [-0.4, -0.2) is 27.1 Å². The van der Waals surface area contributed by atoms with Crippen LogP contribution in [0.15, 0.2) is 48.5 Å². The summed E-state index contributed by atoms with van der Waals surface area (Å²) in [5.74, 6) is -1.37. The van der Waals surface area contributed by atoms with Gasteiger partial charge in [0.1, 0.15) is 23.0 Å². The van der Waals surface area contributed by atoms with E-state index in [1.54, 1.807) is 24.3 Å². The van der Waals surface area contributed by atoms with Crippen LogP contribution in [0.1, 0.15) is 134 Å². The molecule has 3 aromatic carbocycles. The molecule has 0 aromatic heterocycles. The van der Waals surface area contributed by atoms with Gasteiger partial charge in [0.05, 0.1) is 11.5 Å². The van der Waals surface area contributed by atoms with Gasteiger partial charge in [-0.05, 0) is 69.5 Å². The first kappa shape index (κ1) is 34.7. The Morgan fingerprint density at radius 2 is 1.18 bits per heavy atom. The summed E-state index contributed by atoms with van der Waals surface area (Å²) in [5, 5.41) is 32.5. The van der Waals surface area contributed by atoms with E-state index in [0.717, 1.165) is 11.1 Å². The largest absolute Gasteiger partial charge is 0.508 e. The van der Waals surface area contributed by atoms with Crippen molar-refractivity contribution in [2.24, 2.45) is 5.41 Å². The third kappa shape index (κ3) is 8.02. The van der Waals surface area contributed by atoms with Crippen LogP contribution in [0.5, 0.6) is 23.0 Å². The predicted octanol–water partition coefficient (Wildman–Crippen LogP) is 9.05. The average Bonchev–Trinajstić information content (AvgIpc) is 2.85. The van der Waals surface area contributed by atoms with Crippen molar-refractivity contribution in [2.75, 3.05) is 0 Å². The maximum atomic E-state index is 13.7. The lowest BCUT2D eigenvalue weighted by Crippen LogP contribution is -2.24. The highest BCUT2D eigenvalue weighted by molar-refractivity contribution is 6.11. The highest BCUT2D eigenvalue weighted by Gasteiger charge is 2.31. The van der Waals surface area contributed by atoms with E-state index in [2.05, 4.69) is 0 Å². The van der Waals surface area contributed by atoms with Gasteiger partial charge < -0.3 is 20.1 Å². The van der Waals surface area contributed by atoms with E-state index < -0.39 is 28.5 Å². The van der Waals surface area contributed by atoms with Gasteiger partial charge in [0.2, 0.25) is 0 Å². The monoisotopic (exact) mass is 602 g/mol. The molecule has 0 fully saturated rings.